The Hall–Kier alpha value is -1.88. The average molecular weight is 265 g/mol. The number of ether oxygens (including phenoxy) is 2. The van der Waals surface area contributed by atoms with Gasteiger partial charge in [0.15, 0.2) is 6.61 Å². The second-order valence-electron chi connectivity index (χ2n) is 4.30. The maximum atomic E-state index is 11.8. The van der Waals surface area contributed by atoms with Crippen LogP contribution in [0.4, 0.5) is 0 Å². The quantitative estimate of drug-likeness (QED) is 0.620. The lowest BCUT2D eigenvalue weighted by Crippen LogP contribution is -2.31. The van der Waals surface area contributed by atoms with Crippen molar-refractivity contribution >= 4 is 11.9 Å². The molecule has 0 aliphatic rings. The molecule has 0 radical (unpaired) electrons. The highest BCUT2D eigenvalue weighted by atomic mass is 16.5. The summed E-state index contributed by atoms with van der Waals surface area (Å²) in [5, 5.41) is 2.57. The Morgan fingerprint density at radius 1 is 1.16 bits per heavy atom. The summed E-state index contributed by atoms with van der Waals surface area (Å²) in [6.45, 7) is 4.35. The first-order valence-electron chi connectivity index (χ1n) is 6.04. The maximum absolute atomic E-state index is 11.8. The zero-order valence-electron chi connectivity index (χ0n) is 11.5. The van der Waals surface area contributed by atoms with E-state index in [1.807, 2.05) is 19.9 Å². The van der Waals surface area contributed by atoms with Crippen LogP contribution in [0, 0.1) is 13.8 Å². The topological polar surface area (TPSA) is 64.6 Å². The molecule has 19 heavy (non-hydrogen) atoms. The molecule has 1 rings (SSSR count). The lowest BCUT2D eigenvalue weighted by atomic mass is 10.1. The molecule has 0 aliphatic heterocycles. The number of benzene rings is 1. The second-order valence-corrected chi connectivity index (χ2v) is 4.30. The second kappa shape index (κ2) is 7.53. The number of nitrogens with one attached hydrogen (secondary N) is 1. The zero-order chi connectivity index (χ0) is 14.3. The molecule has 0 fully saturated rings. The van der Waals surface area contributed by atoms with Gasteiger partial charge >= 0.3 is 5.97 Å². The van der Waals surface area contributed by atoms with Gasteiger partial charge in [0.1, 0.15) is 0 Å². The van der Waals surface area contributed by atoms with Gasteiger partial charge in [0.2, 0.25) is 0 Å². The van der Waals surface area contributed by atoms with Gasteiger partial charge in [0, 0.05) is 13.7 Å². The molecule has 0 saturated carbocycles. The third kappa shape index (κ3) is 5.52. The van der Waals surface area contributed by atoms with Crippen molar-refractivity contribution in [2.45, 2.75) is 13.8 Å². The Kier molecular flexibility index (Phi) is 6.02. The van der Waals surface area contributed by atoms with Crippen LogP contribution >= 0.6 is 0 Å². The largest absolute Gasteiger partial charge is 0.452 e. The van der Waals surface area contributed by atoms with Crippen LogP contribution < -0.4 is 5.32 Å². The van der Waals surface area contributed by atoms with Gasteiger partial charge in [-0.05, 0) is 26.0 Å². The highest BCUT2D eigenvalue weighted by Gasteiger charge is 2.10. The predicted molar refractivity (Wildman–Crippen MR) is 71.1 cm³/mol. The molecule has 0 unspecified atom stereocenters. The molecular formula is C14H19NO4. The van der Waals surface area contributed by atoms with Crippen molar-refractivity contribution in [1.82, 2.24) is 5.32 Å². The first-order chi connectivity index (χ1) is 9.02. The standard InChI is InChI=1S/C14H19NO4/c1-10-6-11(2)8-12(7-10)14(17)19-9-13(16)15-4-5-18-3/h6-8H,4-5,9H2,1-3H3,(H,15,16). The van der Waals surface area contributed by atoms with Crippen molar-refractivity contribution in [2.75, 3.05) is 26.9 Å². The van der Waals surface area contributed by atoms with Gasteiger partial charge in [-0.25, -0.2) is 4.79 Å². The van der Waals surface area contributed by atoms with E-state index in [0.717, 1.165) is 11.1 Å². The van der Waals surface area contributed by atoms with E-state index < -0.39 is 5.97 Å². The lowest BCUT2D eigenvalue weighted by Gasteiger charge is -2.07. The maximum Gasteiger partial charge on any atom is 0.338 e. The minimum atomic E-state index is -0.492. The van der Waals surface area contributed by atoms with Gasteiger partial charge < -0.3 is 14.8 Å². The summed E-state index contributed by atoms with van der Waals surface area (Å²) in [7, 11) is 1.55. The monoisotopic (exact) mass is 265 g/mol. The number of aryl methyl sites for hydroxylation is 2. The molecular weight excluding hydrogens is 246 g/mol. The van der Waals surface area contributed by atoms with Crippen molar-refractivity contribution in [3.8, 4) is 0 Å². The van der Waals surface area contributed by atoms with Crippen molar-refractivity contribution in [1.29, 1.82) is 0 Å². The summed E-state index contributed by atoms with van der Waals surface area (Å²) in [6, 6.07) is 5.44. The molecule has 0 aliphatic carbocycles. The molecule has 0 saturated heterocycles. The molecule has 1 aromatic carbocycles. The van der Waals surface area contributed by atoms with Crippen LogP contribution in [0.3, 0.4) is 0 Å². The van der Waals surface area contributed by atoms with E-state index >= 15 is 0 Å². The Morgan fingerprint density at radius 2 is 1.79 bits per heavy atom. The number of methoxy groups -OCH3 is 1. The summed E-state index contributed by atoms with van der Waals surface area (Å²) in [5.74, 6) is -0.830. The van der Waals surface area contributed by atoms with Gasteiger partial charge in [-0.15, -0.1) is 0 Å². The van der Waals surface area contributed by atoms with Crippen LogP contribution in [0.1, 0.15) is 21.5 Å². The Morgan fingerprint density at radius 3 is 2.37 bits per heavy atom. The molecule has 5 nitrogen and oxygen atoms in total. The minimum Gasteiger partial charge on any atom is -0.452 e. The van der Waals surface area contributed by atoms with Crippen LogP contribution in [0.2, 0.25) is 0 Å². The number of hydrogen-bond donors (Lipinski definition) is 1. The van der Waals surface area contributed by atoms with E-state index in [2.05, 4.69) is 5.32 Å². The lowest BCUT2D eigenvalue weighted by molar-refractivity contribution is -0.124. The van der Waals surface area contributed by atoms with E-state index in [1.165, 1.54) is 0 Å². The van der Waals surface area contributed by atoms with Crippen LogP contribution in [0.15, 0.2) is 18.2 Å². The highest BCUT2D eigenvalue weighted by Crippen LogP contribution is 2.09. The molecule has 1 aromatic rings. The Labute approximate surface area is 112 Å². The fraction of sp³-hybridized carbons (Fsp3) is 0.429. The summed E-state index contributed by atoms with van der Waals surface area (Å²) in [6.07, 6.45) is 0. The SMILES string of the molecule is COCCNC(=O)COC(=O)c1cc(C)cc(C)c1. The van der Waals surface area contributed by atoms with Crippen LogP contribution in [-0.2, 0) is 14.3 Å². The Bertz CT molecular complexity index is 437. The number of rotatable bonds is 6. The van der Waals surface area contributed by atoms with Crippen molar-refractivity contribution in [3.63, 3.8) is 0 Å². The van der Waals surface area contributed by atoms with E-state index in [9.17, 15) is 9.59 Å². The molecule has 0 heterocycles. The first-order valence-corrected chi connectivity index (χ1v) is 6.04. The number of carbonyl (C=O) groups is 2. The third-order valence-electron chi connectivity index (χ3n) is 2.42. The number of carbonyl (C=O) groups excluding carboxylic acids is 2. The molecule has 5 heteroatoms. The molecule has 0 spiro atoms. The first kappa shape index (κ1) is 15.2. The molecule has 0 atom stereocenters. The van der Waals surface area contributed by atoms with Gasteiger partial charge in [0.05, 0.1) is 12.2 Å². The fourth-order valence-corrected chi connectivity index (χ4v) is 1.65. The van der Waals surface area contributed by atoms with Gasteiger partial charge in [-0.1, -0.05) is 17.2 Å². The van der Waals surface area contributed by atoms with Crippen molar-refractivity contribution in [3.05, 3.63) is 34.9 Å². The molecule has 1 N–H and O–H groups in total. The normalized spacial score (nSPS) is 10.1. The molecule has 0 bridgehead atoms. The molecule has 1 amide bonds. The number of esters is 1. The van der Waals surface area contributed by atoms with Gasteiger partial charge in [-0.3, -0.25) is 4.79 Å². The van der Waals surface area contributed by atoms with Gasteiger partial charge in [0.25, 0.3) is 5.91 Å². The zero-order valence-corrected chi connectivity index (χ0v) is 11.5. The third-order valence-corrected chi connectivity index (χ3v) is 2.42. The average Bonchev–Trinajstić information content (AvgIpc) is 2.35. The van der Waals surface area contributed by atoms with E-state index in [1.54, 1.807) is 19.2 Å². The van der Waals surface area contributed by atoms with Crippen LogP contribution in [0.5, 0.6) is 0 Å². The fourth-order valence-electron chi connectivity index (χ4n) is 1.65. The van der Waals surface area contributed by atoms with E-state index in [4.69, 9.17) is 9.47 Å². The molecule has 104 valence electrons. The predicted octanol–water partition coefficient (Wildman–Crippen LogP) is 1.22. The molecule has 0 aromatic heterocycles. The van der Waals surface area contributed by atoms with Crippen molar-refractivity contribution in [2.24, 2.45) is 0 Å². The van der Waals surface area contributed by atoms with Crippen LogP contribution in [-0.4, -0.2) is 38.7 Å². The van der Waals surface area contributed by atoms with Crippen LogP contribution in [0.25, 0.3) is 0 Å². The summed E-state index contributed by atoms with van der Waals surface area (Å²) in [5.41, 5.74) is 2.43. The van der Waals surface area contributed by atoms with Gasteiger partial charge in [-0.2, -0.15) is 0 Å². The highest BCUT2D eigenvalue weighted by molar-refractivity contribution is 5.91. The van der Waals surface area contributed by atoms with E-state index in [-0.39, 0.29) is 12.5 Å². The summed E-state index contributed by atoms with van der Waals surface area (Å²) in [4.78, 5) is 23.1. The number of amides is 1. The number of hydrogen-bond acceptors (Lipinski definition) is 4. The Balaban J connectivity index is 2.44. The van der Waals surface area contributed by atoms with E-state index in [0.29, 0.717) is 18.7 Å². The van der Waals surface area contributed by atoms with Crippen molar-refractivity contribution < 1.29 is 19.1 Å². The minimum absolute atomic E-state index is 0.282. The smallest absolute Gasteiger partial charge is 0.338 e. The summed E-state index contributed by atoms with van der Waals surface area (Å²) < 4.78 is 9.73. The summed E-state index contributed by atoms with van der Waals surface area (Å²) >= 11 is 0.